The molecule has 0 bridgehead atoms. The van der Waals surface area contributed by atoms with Crippen molar-refractivity contribution in [1.82, 2.24) is 0 Å². The normalized spacial score (nSPS) is 28.1. The Kier molecular flexibility index (Phi) is 5.51. The lowest BCUT2D eigenvalue weighted by Crippen LogP contribution is -2.29. The number of esters is 1. The van der Waals surface area contributed by atoms with Gasteiger partial charge in [-0.05, 0) is 68.6 Å². The lowest BCUT2D eigenvalue weighted by Gasteiger charge is -2.37. The number of carbonyl (C=O) groups is 1. The third kappa shape index (κ3) is 4.59. The zero-order valence-corrected chi connectivity index (χ0v) is 14.1. The Morgan fingerprint density at radius 1 is 0.952 bits per heavy atom. The predicted octanol–water partition coefficient (Wildman–Crippen LogP) is 5.27. The molecular weight excluding hydrogens is 260 g/mol. The van der Waals surface area contributed by atoms with Gasteiger partial charge in [-0.1, -0.05) is 33.8 Å². The molecule has 2 rings (SSSR count). The molecule has 2 heteroatoms. The van der Waals surface area contributed by atoms with Gasteiger partial charge >= 0.3 is 5.97 Å². The molecule has 0 N–H and O–H groups in total. The number of ether oxygens (including phenoxy) is 1. The van der Waals surface area contributed by atoms with E-state index in [-0.39, 0.29) is 12.1 Å². The number of hydrogen-bond donors (Lipinski definition) is 0. The maximum absolute atomic E-state index is 12.3. The second kappa shape index (κ2) is 6.98. The van der Waals surface area contributed by atoms with E-state index in [1.807, 2.05) is 0 Å². The maximum atomic E-state index is 12.3. The monoisotopic (exact) mass is 292 g/mol. The van der Waals surface area contributed by atoms with Crippen molar-refractivity contribution in [3.8, 4) is 0 Å². The molecule has 0 atom stereocenters. The molecule has 120 valence electrons. The van der Waals surface area contributed by atoms with Gasteiger partial charge in [0, 0.05) is 5.57 Å². The fourth-order valence-corrected chi connectivity index (χ4v) is 3.88. The third-order valence-corrected chi connectivity index (χ3v) is 5.53. The standard InChI is InChI=1S/C19H32O2/c1-14(18(20)21-17-8-6-5-7-9-17)15-10-12-16(13-11-15)19(2,3)4/h15-17H,1,5-13H2,2-4H3. The molecule has 21 heavy (non-hydrogen) atoms. The van der Waals surface area contributed by atoms with E-state index < -0.39 is 0 Å². The van der Waals surface area contributed by atoms with Crippen LogP contribution in [0.5, 0.6) is 0 Å². The summed E-state index contributed by atoms with van der Waals surface area (Å²) in [7, 11) is 0. The lowest BCUT2D eigenvalue weighted by molar-refractivity contribution is -0.146. The van der Waals surface area contributed by atoms with Crippen LogP contribution in [0, 0.1) is 17.3 Å². The van der Waals surface area contributed by atoms with Crippen molar-refractivity contribution in [2.24, 2.45) is 17.3 Å². The summed E-state index contributed by atoms with van der Waals surface area (Å²) in [5.74, 6) is 0.997. The first kappa shape index (κ1) is 16.6. The Bertz CT molecular complexity index is 364. The van der Waals surface area contributed by atoms with Gasteiger partial charge in [0.25, 0.3) is 0 Å². The van der Waals surface area contributed by atoms with Crippen LogP contribution >= 0.6 is 0 Å². The van der Waals surface area contributed by atoms with E-state index in [0.717, 1.165) is 37.2 Å². The Hall–Kier alpha value is -0.790. The number of rotatable bonds is 3. The summed E-state index contributed by atoms with van der Waals surface area (Å²) >= 11 is 0. The highest BCUT2D eigenvalue weighted by Gasteiger charge is 2.32. The van der Waals surface area contributed by atoms with Gasteiger partial charge in [-0.2, -0.15) is 0 Å². The lowest BCUT2D eigenvalue weighted by atomic mass is 9.68. The Morgan fingerprint density at radius 2 is 1.52 bits per heavy atom. The van der Waals surface area contributed by atoms with Crippen LogP contribution in [0.2, 0.25) is 0 Å². The first-order chi connectivity index (χ1) is 9.88. The molecule has 0 radical (unpaired) electrons. The molecule has 2 aliphatic rings. The fourth-order valence-electron chi connectivity index (χ4n) is 3.88. The molecule has 2 nitrogen and oxygen atoms in total. The quantitative estimate of drug-likeness (QED) is 0.523. The van der Waals surface area contributed by atoms with Crippen molar-refractivity contribution in [2.75, 3.05) is 0 Å². The van der Waals surface area contributed by atoms with E-state index >= 15 is 0 Å². The minimum atomic E-state index is -0.124. The van der Waals surface area contributed by atoms with E-state index in [4.69, 9.17) is 4.74 Å². The largest absolute Gasteiger partial charge is 0.459 e. The van der Waals surface area contributed by atoms with Gasteiger partial charge in [0.15, 0.2) is 0 Å². The van der Waals surface area contributed by atoms with E-state index in [9.17, 15) is 4.79 Å². The molecule has 2 fully saturated rings. The minimum absolute atomic E-state index is 0.124. The maximum Gasteiger partial charge on any atom is 0.333 e. The molecule has 0 aromatic rings. The Morgan fingerprint density at radius 3 is 2.05 bits per heavy atom. The van der Waals surface area contributed by atoms with E-state index in [1.54, 1.807) is 0 Å². The highest BCUT2D eigenvalue weighted by atomic mass is 16.5. The summed E-state index contributed by atoms with van der Waals surface area (Å²) in [5.41, 5.74) is 1.11. The van der Waals surface area contributed by atoms with Crippen molar-refractivity contribution >= 4 is 5.97 Å². The van der Waals surface area contributed by atoms with E-state index in [2.05, 4.69) is 27.4 Å². The zero-order chi connectivity index (χ0) is 15.5. The van der Waals surface area contributed by atoms with Crippen LogP contribution in [-0.4, -0.2) is 12.1 Å². The van der Waals surface area contributed by atoms with Gasteiger partial charge < -0.3 is 4.74 Å². The predicted molar refractivity (Wildman–Crippen MR) is 87.0 cm³/mol. The van der Waals surface area contributed by atoms with Crippen LogP contribution in [0.4, 0.5) is 0 Å². The highest BCUT2D eigenvalue weighted by molar-refractivity contribution is 5.88. The second-order valence-corrected chi connectivity index (χ2v) is 8.11. The van der Waals surface area contributed by atoms with Gasteiger partial charge in [-0.25, -0.2) is 4.79 Å². The molecule has 0 aliphatic heterocycles. The summed E-state index contributed by atoms with van der Waals surface area (Å²) in [6, 6.07) is 0. The molecular formula is C19H32O2. The van der Waals surface area contributed by atoms with Crippen LogP contribution in [0.1, 0.15) is 78.6 Å². The molecule has 0 aromatic heterocycles. The van der Waals surface area contributed by atoms with Crippen molar-refractivity contribution in [2.45, 2.75) is 84.7 Å². The van der Waals surface area contributed by atoms with Crippen molar-refractivity contribution < 1.29 is 9.53 Å². The van der Waals surface area contributed by atoms with Crippen LogP contribution in [0.15, 0.2) is 12.2 Å². The molecule has 0 aromatic carbocycles. The van der Waals surface area contributed by atoms with Gasteiger partial charge in [-0.3, -0.25) is 0 Å². The van der Waals surface area contributed by atoms with Crippen LogP contribution in [0.3, 0.4) is 0 Å². The third-order valence-electron chi connectivity index (χ3n) is 5.53. The average molecular weight is 292 g/mol. The van der Waals surface area contributed by atoms with Gasteiger partial charge in [0.05, 0.1) is 0 Å². The molecule has 0 heterocycles. The van der Waals surface area contributed by atoms with Crippen LogP contribution in [0.25, 0.3) is 0 Å². The second-order valence-electron chi connectivity index (χ2n) is 8.11. The first-order valence-corrected chi connectivity index (χ1v) is 8.77. The SMILES string of the molecule is C=C(C(=O)OC1CCCCC1)C1CCC(C(C)(C)C)CC1. The summed E-state index contributed by atoms with van der Waals surface area (Å²) < 4.78 is 5.66. The van der Waals surface area contributed by atoms with Gasteiger partial charge in [0.1, 0.15) is 6.10 Å². The first-order valence-electron chi connectivity index (χ1n) is 8.77. The summed E-state index contributed by atoms with van der Waals surface area (Å²) in [4.78, 5) is 12.3. The fraction of sp³-hybridized carbons (Fsp3) is 0.842. The van der Waals surface area contributed by atoms with E-state index in [1.165, 1.54) is 32.1 Å². The van der Waals surface area contributed by atoms with Gasteiger partial charge in [0.2, 0.25) is 0 Å². The number of carbonyl (C=O) groups excluding carboxylic acids is 1. The van der Waals surface area contributed by atoms with Crippen molar-refractivity contribution in [3.63, 3.8) is 0 Å². The van der Waals surface area contributed by atoms with Crippen LogP contribution < -0.4 is 0 Å². The highest BCUT2D eigenvalue weighted by Crippen LogP contribution is 2.41. The zero-order valence-electron chi connectivity index (χ0n) is 14.1. The number of hydrogen-bond acceptors (Lipinski definition) is 2. The van der Waals surface area contributed by atoms with E-state index in [0.29, 0.717) is 11.3 Å². The molecule has 0 saturated heterocycles. The Labute approximate surface area is 130 Å². The summed E-state index contributed by atoms with van der Waals surface area (Å²) in [6.45, 7) is 11.0. The van der Waals surface area contributed by atoms with Crippen LogP contribution in [-0.2, 0) is 9.53 Å². The molecule has 0 spiro atoms. The van der Waals surface area contributed by atoms with Crippen molar-refractivity contribution in [1.29, 1.82) is 0 Å². The van der Waals surface area contributed by atoms with Crippen molar-refractivity contribution in [3.05, 3.63) is 12.2 Å². The van der Waals surface area contributed by atoms with Gasteiger partial charge in [-0.15, -0.1) is 0 Å². The minimum Gasteiger partial charge on any atom is -0.459 e. The average Bonchev–Trinajstić information content (AvgIpc) is 2.46. The summed E-state index contributed by atoms with van der Waals surface area (Å²) in [5, 5.41) is 0. The Balaban J connectivity index is 1.79. The molecule has 0 unspecified atom stereocenters. The topological polar surface area (TPSA) is 26.3 Å². The summed E-state index contributed by atoms with van der Waals surface area (Å²) in [6.07, 6.45) is 10.5. The molecule has 2 saturated carbocycles. The molecule has 2 aliphatic carbocycles. The smallest absolute Gasteiger partial charge is 0.333 e. The molecule has 0 amide bonds.